The van der Waals surface area contributed by atoms with E-state index in [1.165, 1.54) is 0 Å². The maximum absolute atomic E-state index is 11.6. The van der Waals surface area contributed by atoms with Crippen molar-refractivity contribution in [1.82, 2.24) is 20.4 Å². The smallest absolute Gasteiger partial charge is 0.191 e. The molecule has 0 radical (unpaired) electrons. The predicted octanol–water partition coefficient (Wildman–Crippen LogP) is 1.53. The largest absolute Gasteiger partial charge is 0.356 e. The molecule has 2 heterocycles. The highest BCUT2D eigenvalue weighted by molar-refractivity contribution is 14.0. The van der Waals surface area contributed by atoms with Crippen molar-refractivity contribution < 1.29 is 8.42 Å². The summed E-state index contributed by atoms with van der Waals surface area (Å²) in [7, 11) is -0.909. The molecule has 1 saturated heterocycles. The Morgan fingerprint density at radius 2 is 2.08 bits per heavy atom. The van der Waals surface area contributed by atoms with Gasteiger partial charge in [0.05, 0.1) is 23.7 Å². The first-order valence-corrected chi connectivity index (χ1v) is 10.2. The Balaban J connectivity index is 0.00000312. The second kappa shape index (κ2) is 9.20. The first-order chi connectivity index (χ1) is 11.2. The molecular formula is C16H30IN5O2S. The minimum absolute atomic E-state index is 0. The second-order valence-electron chi connectivity index (χ2n) is 6.89. The summed E-state index contributed by atoms with van der Waals surface area (Å²) in [6.45, 7) is 9.32. The zero-order valence-corrected chi connectivity index (χ0v) is 18.8. The summed E-state index contributed by atoms with van der Waals surface area (Å²) in [5, 5.41) is 11.0. The van der Waals surface area contributed by atoms with Crippen molar-refractivity contribution in [1.29, 1.82) is 0 Å². The van der Waals surface area contributed by atoms with E-state index in [2.05, 4.69) is 34.6 Å². The van der Waals surface area contributed by atoms with Crippen molar-refractivity contribution in [2.45, 2.75) is 46.7 Å². The van der Waals surface area contributed by atoms with Gasteiger partial charge in [0.1, 0.15) is 0 Å². The summed E-state index contributed by atoms with van der Waals surface area (Å²) in [6.07, 6.45) is 0.727. The molecule has 2 N–H and O–H groups in total. The highest BCUT2D eigenvalue weighted by Gasteiger charge is 2.27. The molecule has 0 aromatic carbocycles. The number of halogens is 1. The monoisotopic (exact) mass is 483 g/mol. The van der Waals surface area contributed by atoms with E-state index in [1.54, 1.807) is 0 Å². The molecule has 1 aromatic heterocycles. The lowest BCUT2D eigenvalue weighted by atomic mass is 10.1. The minimum Gasteiger partial charge on any atom is -0.356 e. The Labute approximate surface area is 168 Å². The maximum atomic E-state index is 11.6. The number of aromatic nitrogens is 2. The lowest BCUT2D eigenvalue weighted by Gasteiger charge is -2.17. The summed E-state index contributed by atoms with van der Waals surface area (Å²) in [4.78, 5) is 4.66. The third-order valence-corrected chi connectivity index (χ3v) is 6.20. The molecule has 1 atom stereocenters. The van der Waals surface area contributed by atoms with Gasteiger partial charge in [0.25, 0.3) is 0 Å². The number of nitrogens with zero attached hydrogens (tertiary/aromatic N) is 3. The van der Waals surface area contributed by atoms with Crippen molar-refractivity contribution in [3.63, 3.8) is 0 Å². The van der Waals surface area contributed by atoms with Gasteiger partial charge in [-0.1, -0.05) is 0 Å². The summed E-state index contributed by atoms with van der Waals surface area (Å²) >= 11 is 0. The molecule has 1 aliphatic rings. The van der Waals surface area contributed by atoms with E-state index in [9.17, 15) is 8.42 Å². The Morgan fingerprint density at radius 1 is 1.40 bits per heavy atom. The molecule has 0 amide bonds. The number of rotatable bonds is 5. The minimum atomic E-state index is -2.84. The molecule has 0 spiro atoms. The van der Waals surface area contributed by atoms with Crippen molar-refractivity contribution in [3.8, 4) is 0 Å². The van der Waals surface area contributed by atoms with Gasteiger partial charge in [-0.2, -0.15) is 5.10 Å². The van der Waals surface area contributed by atoms with Gasteiger partial charge in [0.15, 0.2) is 15.8 Å². The van der Waals surface area contributed by atoms with Crippen LogP contribution < -0.4 is 10.6 Å². The van der Waals surface area contributed by atoms with Gasteiger partial charge in [0, 0.05) is 30.9 Å². The van der Waals surface area contributed by atoms with Crippen LogP contribution in [0.5, 0.6) is 0 Å². The molecular weight excluding hydrogens is 453 g/mol. The lowest BCUT2D eigenvalue weighted by Crippen LogP contribution is -2.43. The summed E-state index contributed by atoms with van der Waals surface area (Å²) in [6, 6.07) is 0.250. The number of sulfone groups is 1. The van der Waals surface area contributed by atoms with Gasteiger partial charge in [-0.05, 0) is 40.0 Å². The number of nitrogens with one attached hydrogen (secondary N) is 2. The van der Waals surface area contributed by atoms with Crippen molar-refractivity contribution in [2.24, 2.45) is 18.0 Å². The number of hydrogen-bond donors (Lipinski definition) is 2. The molecule has 1 aromatic rings. The molecule has 144 valence electrons. The third kappa shape index (κ3) is 6.43. The van der Waals surface area contributed by atoms with E-state index in [1.807, 2.05) is 25.6 Å². The first kappa shape index (κ1) is 22.2. The van der Waals surface area contributed by atoms with E-state index in [-0.39, 0.29) is 41.7 Å². The SMILES string of the molecule is Cc1nn(C)c(C)c1CN=C(NCC1CCS(=O)(=O)C1)NC(C)C.I. The average molecular weight is 483 g/mol. The van der Waals surface area contributed by atoms with Gasteiger partial charge in [-0.25, -0.2) is 13.4 Å². The highest BCUT2D eigenvalue weighted by atomic mass is 127. The van der Waals surface area contributed by atoms with E-state index < -0.39 is 9.84 Å². The lowest BCUT2D eigenvalue weighted by molar-refractivity contribution is 0.562. The van der Waals surface area contributed by atoms with E-state index >= 15 is 0 Å². The van der Waals surface area contributed by atoms with Crippen LogP contribution in [0.1, 0.15) is 37.2 Å². The fourth-order valence-electron chi connectivity index (χ4n) is 2.90. The Bertz CT molecular complexity index is 712. The van der Waals surface area contributed by atoms with E-state index in [4.69, 9.17) is 0 Å². The van der Waals surface area contributed by atoms with Crippen LogP contribution >= 0.6 is 24.0 Å². The van der Waals surface area contributed by atoms with Crippen LogP contribution in [0.4, 0.5) is 0 Å². The molecule has 1 aliphatic heterocycles. The Hall–Kier alpha value is -0.840. The summed E-state index contributed by atoms with van der Waals surface area (Å²) < 4.78 is 25.0. The van der Waals surface area contributed by atoms with Crippen LogP contribution in [0.15, 0.2) is 4.99 Å². The third-order valence-electron chi connectivity index (χ3n) is 4.36. The molecule has 0 saturated carbocycles. The highest BCUT2D eigenvalue weighted by Crippen LogP contribution is 2.17. The molecule has 0 aliphatic carbocycles. The van der Waals surface area contributed by atoms with Crippen LogP contribution in [0.2, 0.25) is 0 Å². The van der Waals surface area contributed by atoms with Crippen molar-refractivity contribution in [2.75, 3.05) is 18.1 Å². The fourth-order valence-corrected chi connectivity index (χ4v) is 4.77. The number of hydrogen-bond acceptors (Lipinski definition) is 4. The fraction of sp³-hybridized carbons (Fsp3) is 0.750. The van der Waals surface area contributed by atoms with E-state index in [0.717, 1.165) is 29.3 Å². The molecule has 9 heteroatoms. The zero-order chi connectivity index (χ0) is 17.9. The number of aryl methyl sites for hydroxylation is 2. The average Bonchev–Trinajstić information content (AvgIpc) is 2.93. The standard InChI is InChI=1S/C16H29N5O2S.HI/c1-11(2)19-16(17-8-14-6-7-24(22,23)10-14)18-9-15-12(3)20-21(5)13(15)4;/h11,14H,6-10H2,1-5H3,(H2,17,18,19);1H. The Kier molecular flexibility index (Phi) is 8.17. The molecule has 1 unspecified atom stereocenters. The number of aliphatic imine (C=N–C) groups is 1. The summed E-state index contributed by atoms with van der Waals surface area (Å²) in [5.41, 5.74) is 3.23. The first-order valence-electron chi connectivity index (χ1n) is 8.42. The second-order valence-corrected chi connectivity index (χ2v) is 9.12. The van der Waals surface area contributed by atoms with Crippen LogP contribution in [0, 0.1) is 19.8 Å². The number of guanidine groups is 1. The normalized spacial score (nSPS) is 19.8. The quantitative estimate of drug-likeness (QED) is 0.377. The van der Waals surface area contributed by atoms with Gasteiger partial charge >= 0.3 is 0 Å². The van der Waals surface area contributed by atoms with Crippen LogP contribution in [0.25, 0.3) is 0 Å². The topological polar surface area (TPSA) is 88.4 Å². The molecule has 2 rings (SSSR count). The van der Waals surface area contributed by atoms with Gasteiger partial charge in [-0.3, -0.25) is 4.68 Å². The predicted molar refractivity (Wildman–Crippen MR) is 112 cm³/mol. The van der Waals surface area contributed by atoms with Gasteiger partial charge < -0.3 is 10.6 Å². The molecule has 7 nitrogen and oxygen atoms in total. The molecule has 1 fully saturated rings. The molecule has 25 heavy (non-hydrogen) atoms. The summed E-state index contributed by atoms with van der Waals surface area (Å²) in [5.74, 6) is 1.46. The van der Waals surface area contributed by atoms with Gasteiger partial charge in [-0.15, -0.1) is 24.0 Å². The zero-order valence-electron chi connectivity index (χ0n) is 15.7. The van der Waals surface area contributed by atoms with Crippen LogP contribution in [-0.2, 0) is 23.4 Å². The van der Waals surface area contributed by atoms with Crippen LogP contribution in [-0.4, -0.2) is 48.3 Å². The van der Waals surface area contributed by atoms with Crippen LogP contribution in [0.3, 0.4) is 0 Å². The maximum Gasteiger partial charge on any atom is 0.191 e. The van der Waals surface area contributed by atoms with Gasteiger partial charge in [0.2, 0.25) is 0 Å². The van der Waals surface area contributed by atoms with E-state index in [0.29, 0.717) is 18.8 Å². The molecule has 0 bridgehead atoms. The van der Waals surface area contributed by atoms with Crippen molar-refractivity contribution >= 4 is 39.8 Å². The Morgan fingerprint density at radius 3 is 2.56 bits per heavy atom. The van der Waals surface area contributed by atoms with Crippen molar-refractivity contribution in [3.05, 3.63) is 17.0 Å².